The van der Waals surface area contributed by atoms with Crippen LogP contribution in [0.3, 0.4) is 0 Å². The third-order valence-electron chi connectivity index (χ3n) is 28.5. The fourth-order valence-corrected chi connectivity index (χ4v) is 21.7. The molecule has 2 aliphatic heterocycles. The van der Waals surface area contributed by atoms with Gasteiger partial charge in [-0.25, -0.2) is 29.9 Å². The van der Waals surface area contributed by atoms with E-state index in [-0.39, 0.29) is 12.1 Å². The van der Waals surface area contributed by atoms with Crippen LogP contribution in [-0.4, -0.2) is 42.0 Å². The molecule has 13 nitrogen and oxygen atoms in total. The summed E-state index contributed by atoms with van der Waals surface area (Å²) in [6.45, 7) is 0. The normalized spacial score (nSPS) is 14.8. The highest BCUT2D eigenvalue weighted by Gasteiger charge is 2.40. The standard InChI is InChI=1S/C51H35N3O.C45H31N3O.C36H22N4O/c1-4-14-34(15-5-1)41-20-10-11-22-44(41)51-52-46-31-27-36-25-24-35-26-28-39(32-45(35)49(36)50(46)55-51)53(37-16-6-2-7-17-37)40-29-30-43-42-21-12-13-23-47(42)54(48(43)33-40)38-18-8-3-9-19-38;1-4-12-32(13-5-1)45-46-40-27-23-31-21-20-30-22-24-35(28-39(30)43(31)44(40)49-45)47(33-14-6-2-7-15-33)36-25-26-38-37-18-10-11-19-41(37)48(42(38)29-36)34-16-8-3-9-17-34;1-4-10-25(11-5-1)33-38-34(26-12-6-2-7-13-26)40-35(39-33)28-19-17-23-16-18-24-20-21-30-32(31(24)29(23)22-28)41-36(37-30)27-14-8-3-9-15-27/h1-33,42,47H;1-29,37,41H;1-22H. The van der Waals surface area contributed by atoms with Gasteiger partial charge in [0, 0.05) is 118 Å². The number of nitrogens with zero attached hydrogens (tertiary/aromatic N) is 10. The number of rotatable bonds is 15. The second-order valence-corrected chi connectivity index (χ2v) is 37.0. The Balaban J connectivity index is 0.000000109. The number of oxazole rings is 3. The first-order chi connectivity index (χ1) is 71.9. The first-order valence-corrected chi connectivity index (χ1v) is 49.2. The number of benzene rings is 21. The molecule has 4 unspecified atom stereocenters. The number of anilines is 10. The highest BCUT2D eigenvalue weighted by atomic mass is 16.4. The Morgan fingerprint density at radius 3 is 0.938 bits per heavy atom. The number of hydrogen-bond donors (Lipinski definition) is 0. The molecule has 0 amide bonds. The van der Waals surface area contributed by atoms with Crippen molar-refractivity contribution >= 4 is 155 Å². The van der Waals surface area contributed by atoms with Crippen LogP contribution in [0, 0.1) is 0 Å². The van der Waals surface area contributed by atoms with E-state index in [0.717, 1.165) is 177 Å². The van der Waals surface area contributed by atoms with Crippen LogP contribution < -0.4 is 19.6 Å². The van der Waals surface area contributed by atoms with E-state index < -0.39 is 0 Å². The maximum absolute atomic E-state index is 6.82. The van der Waals surface area contributed by atoms with Crippen LogP contribution in [-0.2, 0) is 0 Å². The zero-order chi connectivity index (χ0) is 95.8. The first kappa shape index (κ1) is 85.0. The number of fused-ring (bicyclic) bond motifs is 21. The zero-order valence-corrected chi connectivity index (χ0v) is 78.5. The van der Waals surface area contributed by atoms with Gasteiger partial charge in [-0.05, 0) is 222 Å². The highest BCUT2D eigenvalue weighted by Crippen LogP contribution is 2.54. The molecule has 684 valence electrons. The molecule has 0 spiro atoms. The van der Waals surface area contributed by atoms with Crippen molar-refractivity contribution in [3.63, 3.8) is 0 Å². The van der Waals surface area contributed by atoms with Crippen LogP contribution in [0.25, 0.3) is 178 Å². The van der Waals surface area contributed by atoms with Gasteiger partial charge in [-0.3, -0.25) is 0 Å². The van der Waals surface area contributed by atoms with Crippen LogP contribution in [0.15, 0.2) is 523 Å². The maximum atomic E-state index is 6.82. The monoisotopic (exact) mass is 1860 g/mol. The number of hydrogen-bond acceptors (Lipinski definition) is 13. The van der Waals surface area contributed by atoms with E-state index >= 15 is 0 Å². The second-order valence-electron chi connectivity index (χ2n) is 37.0. The molecule has 4 aliphatic rings. The van der Waals surface area contributed by atoms with Crippen molar-refractivity contribution in [2.45, 2.75) is 23.9 Å². The molecular weight excluding hydrogens is 1770 g/mol. The molecule has 6 heterocycles. The van der Waals surface area contributed by atoms with E-state index in [2.05, 4.69) is 390 Å². The van der Waals surface area contributed by atoms with Crippen molar-refractivity contribution in [1.29, 1.82) is 0 Å². The van der Waals surface area contributed by atoms with Gasteiger partial charge in [0.15, 0.2) is 34.2 Å². The smallest absolute Gasteiger partial charge is 0.227 e. The predicted octanol–water partition coefficient (Wildman–Crippen LogP) is 34.7. The number of aromatic nitrogens is 6. The lowest BCUT2D eigenvalue weighted by Gasteiger charge is -2.30. The molecule has 21 aromatic carbocycles. The van der Waals surface area contributed by atoms with Gasteiger partial charge in [-0.1, -0.05) is 358 Å². The topological polar surface area (TPSA) is 130 Å². The fourth-order valence-electron chi connectivity index (χ4n) is 21.7. The van der Waals surface area contributed by atoms with Gasteiger partial charge >= 0.3 is 0 Å². The van der Waals surface area contributed by atoms with Crippen LogP contribution in [0.1, 0.15) is 23.0 Å². The summed E-state index contributed by atoms with van der Waals surface area (Å²) in [5, 5.41) is 13.2. The summed E-state index contributed by atoms with van der Waals surface area (Å²) in [5.74, 6) is 4.35. The summed E-state index contributed by atoms with van der Waals surface area (Å²) in [4.78, 5) is 39.2. The van der Waals surface area contributed by atoms with Crippen molar-refractivity contribution in [1.82, 2.24) is 29.9 Å². The third kappa shape index (κ3) is 15.5. The van der Waals surface area contributed by atoms with Gasteiger partial charge < -0.3 is 32.9 Å². The molecule has 25 aromatic rings. The van der Waals surface area contributed by atoms with Crippen LogP contribution in [0.2, 0.25) is 0 Å². The summed E-state index contributed by atoms with van der Waals surface area (Å²) in [5.41, 5.74) is 26.9. The fraction of sp³-hybridized carbons (Fsp3) is 0.0303. The van der Waals surface area contributed by atoms with Crippen molar-refractivity contribution in [2.75, 3.05) is 19.6 Å². The zero-order valence-electron chi connectivity index (χ0n) is 78.5. The quantitative estimate of drug-likeness (QED) is 0.0904. The van der Waals surface area contributed by atoms with E-state index in [0.29, 0.717) is 47.0 Å². The Hall–Kier alpha value is -19.2. The van der Waals surface area contributed by atoms with Crippen molar-refractivity contribution in [3.05, 3.63) is 521 Å². The van der Waals surface area contributed by atoms with E-state index in [1.165, 1.54) is 33.9 Å². The Morgan fingerprint density at radius 1 is 0.214 bits per heavy atom. The molecule has 145 heavy (non-hydrogen) atoms. The molecule has 2 aliphatic carbocycles. The maximum Gasteiger partial charge on any atom is 0.227 e. The first-order valence-electron chi connectivity index (χ1n) is 49.2. The van der Waals surface area contributed by atoms with Gasteiger partial charge in [0.25, 0.3) is 0 Å². The molecule has 0 saturated carbocycles. The Bertz CT molecular complexity index is 9370. The summed E-state index contributed by atoms with van der Waals surface area (Å²) in [7, 11) is 0. The summed E-state index contributed by atoms with van der Waals surface area (Å²) in [6, 6.07) is 162. The average molecular weight is 1860 g/mol. The highest BCUT2D eigenvalue weighted by molar-refractivity contribution is 6.22. The van der Waals surface area contributed by atoms with Gasteiger partial charge in [0.2, 0.25) is 17.7 Å². The van der Waals surface area contributed by atoms with E-state index in [9.17, 15) is 0 Å². The molecule has 4 atom stereocenters. The third-order valence-corrected chi connectivity index (χ3v) is 28.5. The molecular formula is C132H88N10O3. The molecule has 0 fully saturated rings. The Labute approximate surface area is 836 Å². The van der Waals surface area contributed by atoms with E-state index in [1.54, 1.807) is 0 Å². The van der Waals surface area contributed by atoms with Gasteiger partial charge in [0.05, 0.1) is 12.1 Å². The minimum absolute atomic E-state index is 0.226. The lowest BCUT2D eigenvalue weighted by atomic mass is 9.91. The van der Waals surface area contributed by atoms with Crippen molar-refractivity contribution in [2.24, 2.45) is 0 Å². The largest absolute Gasteiger partial charge is 0.435 e. The lowest BCUT2D eigenvalue weighted by molar-refractivity contribution is 0.623. The average Bonchev–Trinajstić information content (AvgIpc) is 1.62. The summed E-state index contributed by atoms with van der Waals surface area (Å²) >= 11 is 0. The van der Waals surface area contributed by atoms with E-state index in [1.807, 2.05) is 140 Å². The molecule has 4 aromatic heterocycles. The van der Waals surface area contributed by atoms with Crippen molar-refractivity contribution < 1.29 is 13.3 Å². The minimum Gasteiger partial charge on any atom is -0.435 e. The SMILES string of the molecule is C1=CC2c3ccc(N(c4ccccc4)c4ccc5ccc6ccc7nc(-c8ccccc8)oc7c6c5c4)cc3N(c3ccccc3)C2C=C1.C1=CC2c3ccc(N(c4ccccc4)c4ccc5ccc6ccc7nc(-c8ccccc8-c8ccccc8)oc7c6c5c4)cc3N(c3ccccc3)C2C=C1.c1ccc(-c2nc(-c3ccccc3)nc(-c3ccc4ccc5ccc6nc(-c7ccccc7)oc6c5c4c3)n2)cc1. The van der Waals surface area contributed by atoms with Gasteiger partial charge in [-0.2, -0.15) is 0 Å². The van der Waals surface area contributed by atoms with Crippen LogP contribution >= 0.6 is 0 Å². The molecule has 0 N–H and O–H groups in total. The lowest BCUT2D eigenvalue weighted by Crippen LogP contribution is -2.28. The van der Waals surface area contributed by atoms with E-state index in [4.69, 9.17) is 43.2 Å². The van der Waals surface area contributed by atoms with Crippen molar-refractivity contribution in [3.8, 4) is 79.7 Å². The predicted molar refractivity (Wildman–Crippen MR) is 595 cm³/mol. The summed E-state index contributed by atoms with van der Waals surface area (Å²) in [6.07, 6.45) is 18.0. The Kier molecular flexibility index (Phi) is 21.2. The summed E-state index contributed by atoms with van der Waals surface area (Å²) < 4.78 is 19.8. The number of para-hydroxylation sites is 4. The second kappa shape index (κ2) is 36.2. The van der Waals surface area contributed by atoms with Gasteiger partial charge in [0.1, 0.15) is 16.6 Å². The number of allylic oxidation sites excluding steroid dienone is 4. The molecule has 0 radical (unpaired) electrons. The van der Waals surface area contributed by atoms with Crippen LogP contribution in [0.5, 0.6) is 0 Å². The molecule has 0 saturated heterocycles. The van der Waals surface area contributed by atoms with Gasteiger partial charge in [-0.15, -0.1) is 0 Å². The Morgan fingerprint density at radius 2 is 0.517 bits per heavy atom. The molecule has 13 heteroatoms. The molecule has 0 bridgehead atoms. The minimum atomic E-state index is 0.226. The molecule has 29 rings (SSSR count). The van der Waals surface area contributed by atoms with Crippen LogP contribution in [0.4, 0.5) is 56.9 Å².